The second kappa shape index (κ2) is 8.03. The van der Waals surface area contributed by atoms with Crippen molar-refractivity contribution in [2.45, 2.75) is 20.8 Å². The highest BCUT2D eigenvalue weighted by Crippen LogP contribution is 2.17. The van der Waals surface area contributed by atoms with Crippen LogP contribution in [0.5, 0.6) is 0 Å². The predicted octanol–water partition coefficient (Wildman–Crippen LogP) is 2.88. The number of hydrogen-bond donors (Lipinski definition) is 2. The Morgan fingerprint density at radius 3 is 2.54 bits per heavy atom. The van der Waals surface area contributed by atoms with E-state index in [1.807, 2.05) is 56.0 Å². The number of urea groups is 1. The molecule has 7 nitrogen and oxygen atoms in total. The van der Waals surface area contributed by atoms with Crippen LogP contribution < -0.4 is 15.5 Å². The fraction of sp³-hybridized carbons (Fsp3) is 0.421. The number of piperazine rings is 1. The van der Waals surface area contributed by atoms with E-state index in [4.69, 9.17) is 0 Å². The van der Waals surface area contributed by atoms with Crippen molar-refractivity contribution in [2.24, 2.45) is 0 Å². The molecule has 0 spiro atoms. The van der Waals surface area contributed by atoms with Gasteiger partial charge in [-0.3, -0.25) is 0 Å². The lowest BCUT2D eigenvalue weighted by Crippen LogP contribution is -2.50. The smallest absolute Gasteiger partial charge is 0.321 e. The molecule has 0 aliphatic carbocycles. The Morgan fingerprint density at radius 1 is 1.12 bits per heavy atom. The molecule has 1 aromatic carbocycles. The fourth-order valence-corrected chi connectivity index (χ4v) is 2.98. The second-order valence-corrected chi connectivity index (χ2v) is 6.44. The molecule has 1 aliphatic heterocycles. The maximum absolute atomic E-state index is 12.5. The van der Waals surface area contributed by atoms with E-state index in [0.717, 1.165) is 48.3 Å². The quantitative estimate of drug-likeness (QED) is 0.883. The first-order valence-corrected chi connectivity index (χ1v) is 9.03. The van der Waals surface area contributed by atoms with Crippen molar-refractivity contribution in [2.75, 3.05) is 48.3 Å². The van der Waals surface area contributed by atoms with Gasteiger partial charge in [0.05, 0.1) is 0 Å². The molecule has 7 heteroatoms. The first-order chi connectivity index (χ1) is 12.6. The third kappa shape index (κ3) is 4.22. The average molecular weight is 354 g/mol. The van der Waals surface area contributed by atoms with Crippen LogP contribution in [0.3, 0.4) is 0 Å². The third-order valence-electron chi connectivity index (χ3n) is 4.44. The monoisotopic (exact) mass is 354 g/mol. The van der Waals surface area contributed by atoms with Crippen LogP contribution in [0, 0.1) is 13.8 Å². The van der Waals surface area contributed by atoms with Crippen molar-refractivity contribution in [3.63, 3.8) is 0 Å². The molecular weight excluding hydrogens is 328 g/mol. The third-order valence-corrected chi connectivity index (χ3v) is 4.44. The van der Waals surface area contributed by atoms with Crippen molar-refractivity contribution in [3.05, 3.63) is 41.6 Å². The van der Waals surface area contributed by atoms with Gasteiger partial charge in [-0.05, 0) is 32.4 Å². The zero-order valence-corrected chi connectivity index (χ0v) is 15.6. The van der Waals surface area contributed by atoms with Crippen LogP contribution in [0.15, 0.2) is 30.3 Å². The lowest BCUT2D eigenvalue weighted by Gasteiger charge is -2.35. The molecule has 2 aromatic rings. The van der Waals surface area contributed by atoms with E-state index in [9.17, 15) is 4.79 Å². The van der Waals surface area contributed by atoms with E-state index in [1.54, 1.807) is 0 Å². The zero-order chi connectivity index (χ0) is 18.5. The molecule has 1 aromatic heterocycles. The van der Waals surface area contributed by atoms with Crippen molar-refractivity contribution in [1.29, 1.82) is 0 Å². The number of rotatable bonds is 4. The van der Waals surface area contributed by atoms with Gasteiger partial charge < -0.3 is 20.4 Å². The number of nitrogens with one attached hydrogen (secondary N) is 2. The topological polar surface area (TPSA) is 73.4 Å². The van der Waals surface area contributed by atoms with E-state index < -0.39 is 0 Å². The summed E-state index contributed by atoms with van der Waals surface area (Å²) in [5.74, 6) is 1.56. The number of anilines is 3. The molecule has 2 amide bonds. The van der Waals surface area contributed by atoms with Crippen LogP contribution in [0.2, 0.25) is 0 Å². The SMILES string of the molecule is CCNc1cc(C)nc(N2CCN(C(=O)Nc3ccccc3C)CC2)n1. The Bertz CT molecular complexity index is 770. The Hall–Kier alpha value is -2.83. The van der Waals surface area contributed by atoms with Gasteiger partial charge in [0.2, 0.25) is 5.95 Å². The standard InChI is InChI=1S/C19H26N6O/c1-4-20-17-13-15(3)21-18(23-17)24-9-11-25(12-10-24)19(26)22-16-8-6-5-7-14(16)2/h5-8,13H,4,9-12H2,1-3H3,(H,22,26)(H,20,21,23). The summed E-state index contributed by atoms with van der Waals surface area (Å²) in [4.78, 5) is 25.6. The van der Waals surface area contributed by atoms with Gasteiger partial charge >= 0.3 is 6.03 Å². The van der Waals surface area contributed by atoms with Crippen molar-refractivity contribution in [3.8, 4) is 0 Å². The van der Waals surface area contributed by atoms with Crippen LogP contribution in [0.25, 0.3) is 0 Å². The first-order valence-electron chi connectivity index (χ1n) is 9.03. The Kier molecular flexibility index (Phi) is 5.55. The minimum Gasteiger partial charge on any atom is -0.370 e. The molecule has 0 atom stereocenters. The number of para-hydroxylation sites is 1. The van der Waals surface area contributed by atoms with Gasteiger partial charge in [0.1, 0.15) is 5.82 Å². The number of hydrogen-bond acceptors (Lipinski definition) is 5. The highest BCUT2D eigenvalue weighted by Gasteiger charge is 2.23. The highest BCUT2D eigenvalue weighted by molar-refractivity contribution is 5.90. The van der Waals surface area contributed by atoms with Crippen LogP contribution in [0.4, 0.5) is 22.2 Å². The molecule has 2 N–H and O–H groups in total. The van der Waals surface area contributed by atoms with Gasteiger partial charge in [-0.15, -0.1) is 0 Å². The number of carbonyl (C=O) groups excluding carboxylic acids is 1. The molecule has 26 heavy (non-hydrogen) atoms. The molecule has 0 radical (unpaired) electrons. The van der Waals surface area contributed by atoms with E-state index in [-0.39, 0.29) is 6.03 Å². The number of carbonyl (C=O) groups is 1. The van der Waals surface area contributed by atoms with E-state index in [2.05, 4.69) is 25.5 Å². The van der Waals surface area contributed by atoms with Gasteiger partial charge in [-0.25, -0.2) is 9.78 Å². The maximum Gasteiger partial charge on any atom is 0.321 e. The highest BCUT2D eigenvalue weighted by atomic mass is 16.2. The summed E-state index contributed by atoms with van der Waals surface area (Å²) in [5, 5.41) is 6.23. The predicted molar refractivity (Wildman–Crippen MR) is 105 cm³/mol. The largest absolute Gasteiger partial charge is 0.370 e. The molecule has 2 heterocycles. The lowest BCUT2D eigenvalue weighted by molar-refractivity contribution is 0.208. The molecular formula is C19H26N6O. The van der Waals surface area contributed by atoms with Crippen LogP contribution in [-0.4, -0.2) is 53.6 Å². The summed E-state index contributed by atoms with van der Waals surface area (Å²) in [6.45, 7) is 9.55. The van der Waals surface area contributed by atoms with E-state index in [0.29, 0.717) is 13.1 Å². The summed E-state index contributed by atoms with van der Waals surface area (Å²) in [7, 11) is 0. The van der Waals surface area contributed by atoms with E-state index >= 15 is 0 Å². The van der Waals surface area contributed by atoms with Crippen LogP contribution in [0.1, 0.15) is 18.2 Å². The normalized spacial score (nSPS) is 14.3. The fourth-order valence-electron chi connectivity index (χ4n) is 2.98. The molecule has 0 saturated carbocycles. The number of benzene rings is 1. The van der Waals surface area contributed by atoms with Gasteiger partial charge in [-0.1, -0.05) is 18.2 Å². The molecule has 1 fully saturated rings. The van der Waals surface area contributed by atoms with Crippen LogP contribution >= 0.6 is 0 Å². The number of nitrogens with zero attached hydrogens (tertiary/aromatic N) is 4. The number of aryl methyl sites for hydroxylation is 2. The summed E-state index contributed by atoms with van der Waals surface area (Å²) in [6, 6.07) is 9.69. The Labute approximate surface area is 154 Å². The molecule has 1 saturated heterocycles. The number of amides is 2. The molecule has 138 valence electrons. The lowest BCUT2D eigenvalue weighted by atomic mass is 10.2. The Morgan fingerprint density at radius 2 is 1.85 bits per heavy atom. The Balaban J connectivity index is 1.60. The molecule has 3 rings (SSSR count). The van der Waals surface area contributed by atoms with Crippen molar-refractivity contribution < 1.29 is 4.79 Å². The molecule has 0 unspecified atom stereocenters. The van der Waals surface area contributed by atoms with Gasteiger partial charge in [0.15, 0.2) is 0 Å². The van der Waals surface area contributed by atoms with Gasteiger partial charge in [0, 0.05) is 50.2 Å². The summed E-state index contributed by atoms with van der Waals surface area (Å²) >= 11 is 0. The van der Waals surface area contributed by atoms with Crippen molar-refractivity contribution in [1.82, 2.24) is 14.9 Å². The van der Waals surface area contributed by atoms with Gasteiger partial charge in [0.25, 0.3) is 0 Å². The zero-order valence-electron chi connectivity index (χ0n) is 15.6. The average Bonchev–Trinajstić information content (AvgIpc) is 2.63. The number of aromatic nitrogens is 2. The summed E-state index contributed by atoms with van der Waals surface area (Å²) in [6.07, 6.45) is 0. The minimum atomic E-state index is -0.0579. The molecule has 1 aliphatic rings. The van der Waals surface area contributed by atoms with E-state index in [1.165, 1.54) is 0 Å². The minimum absolute atomic E-state index is 0.0579. The molecule has 0 bridgehead atoms. The summed E-state index contributed by atoms with van der Waals surface area (Å²) in [5.41, 5.74) is 2.85. The second-order valence-electron chi connectivity index (χ2n) is 6.44. The summed E-state index contributed by atoms with van der Waals surface area (Å²) < 4.78 is 0. The first kappa shape index (κ1) is 18.0. The van der Waals surface area contributed by atoms with Crippen LogP contribution in [-0.2, 0) is 0 Å². The van der Waals surface area contributed by atoms with Gasteiger partial charge in [-0.2, -0.15) is 4.98 Å². The van der Waals surface area contributed by atoms with Crippen molar-refractivity contribution >= 4 is 23.5 Å². The maximum atomic E-state index is 12.5.